The summed E-state index contributed by atoms with van der Waals surface area (Å²) >= 11 is 2.08. The standard InChI is InChI=1S/C14H29N.C13H28N2.C10H21NOS.C9H19NOS.C9H19NO.C9H19NS.CH4/c1-13(2,3)11-15-9-7-12(8-10-15)14(4,5)6;1-12(2,3)11-14-7-9-15(10-8-14)13(4,5)6;1-10(2,3)9-11-5-7-13(4,12)8-6-11;1-9(2,3)8-10-4-6-12(11)7-5-10;2*1-9(2,3)8-10-4-6-11-7-5-10;/h12H,7-11H2,1-6H3;7-11H2,1-6H3;4-9H2,1-3H3;4-8H2,1-3H3;2*4-8H2,1-3H3;1H4. The number of thioether (sulfide) groups is 1. The van der Waals surface area contributed by atoms with Gasteiger partial charge in [0, 0.05) is 169 Å². The van der Waals surface area contributed by atoms with Gasteiger partial charge in [-0.05, 0) is 106 Å². The Morgan fingerprint density at radius 1 is 0.436 bits per heavy atom. The number of hydrogen-bond donors (Lipinski definition) is 0. The molecular formula is C65H139N7O3S3. The van der Waals surface area contributed by atoms with E-state index in [4.69, 9.17) is 4.74 Å². The van der Waals surface area contributed by atoms with Gasteiger partial charge in [0.05, 0.1) is 13.2 Å². The first-order valence-corrected chi connectivity index (χ1v) is 35.4. The number of piperazine rings is 1. The molecule has 0 N–H and O–H groups in total. The third kappa shape index (κ3) is 42.9. The maximum Gasteiger partial charge on any atom is 0.0594 e. The minimum Gasteiger partial charge on any atom is -0.379 e. The predicted molar refractivity (Wildman–Crippen MR) is 357 cm³/mol. The zero-order valence-electron chi connectivity index (χ0n) is 56.1. The molecule has 13 heteroatoms. The average molecular weight is 1160 g/mol. The van der Waals surface area contributed by atoms with E-state index < -0.39 is 20.3 Å². The molecule has 6 saturated heterocycles. The summed E-state index contributed by atoms with van der Waals surface area (Å²) < 4.78 is 27.9. The molecule has 470 valence electrons. The van der Waals surface area contributed by atoms with Gasteiger partial charge in [0.2, 0.25) is 0 Å². The van der Waals surface area contributed by atoms with Gasteiger partial charge in [0.15, 0.2) is 0 Å². The van der Waals surface area contributed by atoms with E-state index in [1.54, 1.807) is 0 Å². The first kappa shape index (κ1) is 78.2. The highest BCUT2D eigenvalue weighted by Crippen LogP contribution is 2.35. The number of ether oxygens (including phenoxy) is 1. The van der Waals surface area contributed by atoms with Crippen molar-refractivity contribution >= 4 is 38.0 Å². The zero-order chi connectivity index (χ0) is 59.3. The van der Waals surface area contributed by atoms with Crippen LogP contribution in [0.25, 0.3) is 0 Å². The molecule has 6 rings (SSSR count). The maximum atomic E-state index is 11.6. The van der Waals surface area contributed by atoms with Crippen LogP contribution < -0.4 is 0 Å². The lowest BCUT2D eigenvalue weighted by atomic mass is 9.75. The Labute approximate surface area is 497 Å². The third-order valence-electron chi connectivity index (χ3n) is 14.4. The molecule has 6 heterocycles. The average Bonchev–Trinajstić information content (AvgIpc) is 3.24. The second-order valence-corrected chi connectivity index (χ2v) is 38.9. The van der Waals surface area contributed by atoms with E-state index in [0.29, 0.717) is 43.4 Å². The molecule has 0 saturated carbocycles. The summed E-state index contributed by atoms with van der Waals surface area (Å²) in [6, 6.07) is 0. The van der Waals surface area contributed by atoms with E-state index in [1.165, 1.54) is 103 Å². The summed E-state index contributed by atoms with van der Waals surface area (Å²) in [7, 11) is -2.24. The van der Waals surface area contributed by atoms with Crippen LogP contribution in [-0.2, 0) is 25.1 Å². The summed E-state index contributed by atoms with van der Waals surface area (Å²) in [5.74, 6) is 10.6. The van der Waals surface area contributed by atoms with Gasteiger partial charge in [0.25, 0.3) is 0 Å². The van der Waals surface area contributed by atoms with Gasteiger partial charge < -0.3 is 29.2 Å². The number of hydrogen-bond acceptors (Lipinski definition) is 11. The summed E-state index contributed by atoms with van der Waals surface area (Å²) in [5, 5.41) is 0. The van der Waals surface area contributed by atoms with Gasteiger partial charge in [-0.2, -0.15) is 11.8 Å². The van der Waals surface area contributed by atoms with Crippen molar-refractivity contribution in [2.24, 2.45) is 43.8 Å². The lowest BCUT2D eigenvalue weighted by Gasteiger charge is -2.43. The van der Waals surface area contributed by atoms with E-state index in [9.17, 15) is 8.42 Å². The van der Waals surface area contributed by atoms with Crippen molar-refractivity contribution < 1.29 is 13.2 Å². The SMILES string of the molecule is C.C=S1(=O)CCN(CC(C)(C)C)CC1.CC(C)(C)CN1CCC(C(C)(C)C)CC1.CC(C)(C)CN1CCN(C(C)(C)C)CC1.CC(C)(C)CN1CCOCC1.CC(C)(C)CN1CCS(=O)CC1.CC(C)(C)CN1CCSCC1. The van der Waals surface area contributed by atoms with Crippen molar-refractivity contribution in [1.82, 2.24) is 34.3 Å². The lowest BCUT2D eigenvalue weighted by Crippen LogP contribution is -2.54. The molecular weight excluding hydrogens is 1020 g/mol. The Morgan fingerprint density at radius 2 is 0.731 bits per heavy atom. The molecule has 78 heavy (non-hydrogen) atoms. The van der Waals surface area contributed by atoms with Crippen LogP contribution in [0.1, 0.15) is 186 Å². The highest BCUT2D eigenvalue weighted by molar-refractivity contribution is 8.00. The van der Waals surface area contributed by atoms with Crippen LogP contribution in [0.15, 0.2) is 0 Å². The summed E-state index contributed by atoms with van der Waals surface area (Å²) in [4.78, 5) is 17.7. The molecule has 0 bridgehead atoms. The van der Waals surface area contributed by atoms with Crippen LogP contribution in [0.3, 0.4) is 0 Å². The van der Waals surface area contributed by atoms with Crippen molar-refractivity contribution in [2.75, 3.05) is 179 Å². The van der Waals surface area contributed by atoms with Gasteiger partial charge in [-0.25, -0.2) is 0 Å². The van der Waals surface area contributed by atoms with Crippen LogP contribution in [0.5, 0.6) is 0 Å². The quantitative estimate of drug-likeness (QED) is 0.239. The predicted octanol–water partition coefficient (Wildman–Crippen LogP) is 12.5. The molecule has 6 aliphatic rings. The first-order valence-electron chi connectivity index (χ1n) is 30.7. The van der Waals surface area contributed by atoms with Gasteiger partial charge >= 0.3 is 0 Å². The van der Waals surface area contributed by atoms with Crippen molar-refractivity contribution in [3.63, 3.8) is 0 Å². The normalized spacial score (nSPS) is 22.3. The van der Waals surface area contributed by atoms with E-state index in [-0.39, 0.29) is 7.43 Å². The van der Waals surface area contributed by atoms with Gasteiger partial charge in [-0.3, -0.25) is 18.2 Å². The van der Waals surface area contributed by atoms with Crippen molar-refractivity contribution in [3.05, 3.63) is 0 Å². The molecule has 0 aromatic carbocycles. The maximum absolute atomic E-state index is 11.6. The van der Waals surface area contributed by atoms with Crippen LogP contribution in [-0.4, -0.2) is 233 Å². The monoisotopic (exact) mass is 1160 g/mol. The summed E-state index contributed by atoms with van der Waals surface area (Å²) in [6.07, 6.45) is 2.78. The number of nitrogens with zero attached hydrogens (tertiary/aromatic N) is 7. The van der Waals surface area contributed by atoms with Gasteiger partial charge in [-0.15, -0.1) is 0 Å². The zero-order valence-corrected chi connectivity index (χ0v) is 58.5. The smallest absolute Gasteiger partial charge is 0.0594 e. The molecule has 0 atom stereocenters. The highest BCUT2D eigenvalue weighted by Gasteiger charge is 2.31. The largest absolute Gasteiger partial charge is 0.379 e. The molecule has 0 aromatic rings. The fourth-order valence-electron chi connectivity index (χ4n) is 10.9. The van der Waals surface area contributed by atoms with E-state index in [1.807, 2.05) is 0 Å². The Kier molecular flexibility index (Phi) is 35.1. The Bertz CT molecular complexity index is 1580. The van der Waals surface area contributed by atoms with E-state index >= 15 is 0 Å². The van der Waals surface area contributed by atoms with Crippen molar-refractivity contribution in [2.45, 2.75) is 192 Å². The van der Waals surface area contributed by atoms with Crippen LogP contribution in [0.4, 0.5) is 0 Å². The van der Waals surface area contributed by atoms with E-state index in [0.717, 1.165) is 94.5 Å². The fourth-order valence-corrected chi connectivity index (χ4v) is 14.4. The van der Waals surface area contributed by atoms with E-state index in [2.05, 4.69) is 218 Å². The van der Waals surface area contributed by atoms with Crippen molar-refractivity contribution in [1.29, 1.82) is 0 Å². The second-order valence-electron chi connectivity index (χ2n) is 33.3. The molecule has 0 aliphatic carbocycles. The van der Waals surface area contributed by atoms with Gasteiger partial charge in [-0.1, -0.05) is 153 Å². The molecule has 0 aromatic heterocycles. The number of morpholine rings is 1. The molecule has 0 spiro atoms. The van der Waals surface area contributed by atoms with Crippen LogP contribution in [0, 0.1) is 43.8 Å². The Balaban J connectivity index is 0.000000914. The summed E-state index contributed by atoms with van der Waals surface area (Å²) in [5.41, 5.74) is 3.36. The summed E-state index contributed by atoms with van der Waals surface area (Å²) in [6.45, 7) is 80.6. The molecule has 0 amide bonds. The Hall–Kier alpha value is 0.200. The number of piperidine rings is 1. The minimum atomic E-state index is -1.71. The molecule has 0 radical (unpaired) electrons. The topological polar surface area (TPSA) is 66.1 Å². The molecule has 10 nitrogen and oxygen atoms in total. The van der Waals surface area contributed by atoms with Gasteiger partial charge in [0.1, 0.15) is 0 Å². The first-order chi connectivity index (χ1) is 34.8. The lowest BCUT2D eigenvalue weighted by molar-refractivity contribution is 0.0236. The van der Waals surface area contributed by atoms with Crippen LogP contribution >= 0.6 is 11.8 Å². The number of rotatable bonds is 6. The molecule has 0 unspecified atom stereocenters. The second kappa shape index (κ2) is 35.0. The molecule has 6 fully saturated rings. The fraction of sp³-hybridized carbons (Fsp3) is 0.985. The van der Waals surface area contributed by atoms with Crippen molar-refractivity contribution in [3.8, 4) is 0 Å². The third-order valence-corrected chi connectivity index (χ3v) is 18.4. The molecule has 6 aliphatic heterocycles. The minimum absolute atomic E-state index is 0. The Morgan fingerprint density at radius 3 is 1.05 bits per heavy atom. The highest BCUT2D eigenvalue weighted by atomic mass is 32.2. The number of likely N-dealkylation sites (tertiary alicyclic amines) is 1. The van der Waals surface area contributed by atoms with Crippen LogP contribution in [0.2, 0.25) is 0 Å².